The van der Waals surface area contributed by atoms with Crippen LogP contribution in [0.5, 0.6) is 0 Å². The number of nitrogens with zero attached hydrogens (tertiary/aromatic N) is 1. The number of amides is 1. The predicted octanol–water partition coefficient (Wildman–Crippen LogP) is 5.02. The van der Waals surface area contributed by atoms with E-state index in [1.807, 2.05) is 6.07 Å². The summed E-state index contributed by atoms with van der Waals surface area (Å²) >= 11 is 0. The molecule has 4 aliphatic carbocycles. The molecule has 6 rings (SSSR count). The summed E-state index contributed by atoms with van der Waals surface area (Å²) in [5.74, 6) is 2.79. The molecule has 0 bridgehead atoms. The SMILES string of the molecule is C[C@]12CCC(=O)C[C@@H]1CC[C@@H]1[C@@H]2CC[C@]2(C)/C(=N\OCC(=O)NCCc3cc(=O)oc4cc(N)ccc34)CC[C@@H]12. The van der Waals surface area contributed by atoms with E-state index in [1.165, 1.54) is 25.3 Å². The van der Waals surface area contributed by atoms with Gasteiger partial charge in [-0.05, 0) is 98.1 Å². The van der Waals surface area contributed by atoms with Crippen LogP contribution in [0.4, 0.5) is 5.69 Å². The highest BCUT2D eigenvalue weighted by Gasteiger charge is 2.59. The number of ketones is 1. The zero-order valence-corrected chi connectivity index (χ0v) is 23.7. The lowest BCUT2D eigenvalue weighted by molar-refractivity contribution is -0.136. The zero-order chi connectivity index (χ0) is 28.1. The molecular formula is C32H41N3O5. The summed E-state index contributed by atoms with van der Waals surface area (Å²) in [6.45, 7) is 5.07. The van der Waals surface area contributed by atoms with Crippen LogP contribution in [0, 0.1) is 34.5 Å². The molecule has 214 valence electrons. The van der Waals surface area contributed by atoms with Crippen LogP contribution in [-0.4, -0.2) is 30.6 Å². The van der Waals surface area contributed by atoms with Crippen molar-refractivity contribution in [2.75, 3.05) is 18.9 Å². The fourth-order valence-corrected chi connectivity index (χ4v) is 8.99. The van der Waals surface area contributed by atoms with Gasteiger partial charge in [0.25, 0.3) is 5.91 Å². The minimum absolute atomic E-state index is 0.0319. The van der Waals surface area contributed by atoms with Gasteiger partial charge in [0.05, 0.1) is 5.71 Å². The second kappa shape index (κ2) is 10.3. The summed E-state index contributed by atoms with van der Waals surface area (Å²) in [5.41, 5.74) is 8.59. The number of fused-ring (bicyclic) bond motifs is 6. The summed E-state index contributed by atoms with van der Waals surface area (Å²) < 4.78 is 5.25. The first-order valence-corrected chi connectivity index (χ1v) is 15.0. The Morgan fingerprint density at radius 2 is 1.95 bits per heavy atom. The number of carbonyl (C=O) groups excluding carboxylic acids is 2. The molecule has 1 aromatic heterocycles. The highest BCUT2D eigenvalue weighted by Crippen LogP contribution is 2.65. The Morgan fingerprint density at radius 1 is 1.10 bits per heavy atom. The van der Waals surface area contributed by atoms with Crippen molar-refractivity contribution < 1.29 is 18.8 Å². The Hall–Kier alpha value is -3.16. The van der Waals surface area contributed by atoms with E-state index in [1.54, 1.807) is 12.1 Å². The quantitative estimate of drug-likeness (QED) is 0.297. The van der Waals surface area contributed by atoms with Gasteiger partial charge >= 0.3 is 5.63 Å². The first-order valence-electron chi connectivity index (χ1n) is 15.0. The molecule has 4 fully saturated rings. The Kier molecular flexibility index (Phi) is 6.99. The molecule has 8 nitrogen and oxygen atoms in total. The van der Waals surface area contributed by atoms with E-state index in [9.17, 15) is 14.4 Å². The van der Waals surface area contributed by atoms with Crippen molar-refractivity contribution in [3.63, 3.8) is 0 Å². The van der Waals surface area contributed by atoms with E-state index in [0.717, 1.165) is 55.2 Å². The molecule has 0 aliphatic heterocycles. The predicted molar refractivity (Wildman–Crippen MR) is 154 cm³/mol. The monoisotopic (exact) mass is 547 g/mol. The van der Waals surface area contributed by atoms with E-state index < -0.39 is 5.63 Å². The van der Waals surface area contributed by atoms with Gasteiger partial charge in [0.2, 0.25) is 0 Å². The minimum atomic E-state index is -0.438. The van der Waals surface area contributed by atoms with Crippen LogP contribution in [0.2, 0.25) is 0 Å². The maximum Gasteiger partial charge on any atom is 0.336 e. The Bertz CT molecular complexity index is 1420. The van der Waals surface area contributed by atoms with Crippen LogP contribution >= 0.6 is 0 Å². The van der Waals surface area contributed by atoms with Gasteiger partial charge in [0.15, 0.2) is 6.61 Å². The Morgan fingerprint density at radius 3 is 2.80 bits per heavy atom. The van der Waals surface area contributed by atoms with Crippen LogP contribution in [-0.2, 0) is 20.8 Å². The van der Waals surface area contributed by atoms with Gasteiger partial charge in [-0.15, -0.1) is 0 Å². The summed E-state index contributed by atoms with van der Waals surface area (Å²) in [5, 5.41) is 8.22. The van der Waals surface area contributed by atoms with Crippen molar-refractivity contribution in [3.05, 3.63) is 40.2 Å². The molecule has 1 heterocycles. The molecular weight excluding hydrogens is 506 g/mol. The lowest BCUT2D eigenvalue weighted by Gasteiger charge is -2.59. The summed E-state index contributed by atoms with van der Waals surface area (Å²) in [6, 6.07) is 6.69. The maximum absolute atomic E-state index is 12.5. The largest absolute Gasteiger partial charge is 0.423 e. The van der Waals surface area contributed by atoms with E-state index in [0.29, 0.717) is 59.1 Å². The average Bonchev–Trinajstić information content (AvgIpc) is 3.25. The molecule has 4 saturated carbocycles. The van der Waals surface area contributed by atoms with Crippen molar-refractivity contribution in [3.8, 4) is 0 Å². The van der Waals surface area contributed by atoms with Gasteiger partial charge in [-0.2, -0.15) is 0 Å². The number of hydrogen-bond acceptors (Lipinski definition) is 7. The molecule has 1 amide bonds. The lowest BCUT2D eigenvalue weighted by Crippen LogP contribution is -2.53. The van der Waals surface area contributed by atoms with Gasteiger partial charge in [-0.3, -0.25) is 9.59 Å². The number of hydrogen-bond donors (Lipinski definition) is 2. The fraction of sp³-hybridized carbons (Fsp3) is 0.625. The summed E-state index contributed by atoms with van der Waals surface area (Å²) in [4.78, 5) is 42.2. The number of Topliss-reactive ketones (excluding diaryl/α,β-unsaturated/α-hetero) is 1. The van der Waals surface area contributed by atoms with Gasteiger partial charge in [0.1, 0.15) is 11.4 Å². The highest BCUT2D eigenvalue weighted by atomic mass is 16.6. The molecule has 0 radical (unpaired) electrons. The number of benzene rings is 1. The molecule has 1 aromatic carbocycles. The molecule has 40 heavy (non-hydrogen) atoms. The van der Waals surface area contributed by atoms with Gasteiger partial charge in [-0.25, -0.2) is 4.79 Å². The van der Waals surface area contributed by atoms with Crippen molar-refractivity contribution in [1.82, 2.24) is 5.32 Å². The van der Waals surface area contributed by atoms with Crippen LogP contribution in [0.1, 0.15) is 77.2 Å². The number of nitrogen functional groups attached to an aromatic ring is 1. The number of rotatable bonds is 6. The normalized spacial score (nSPS) is 34.2. The third kappa shape index (κ3) is 4.73. The van der Waals surface area contributed by atoms with E-state index in [-0.39, 0.29) is 17.9 Å². The molecule has 0 saturated heterocycles. The van der Waals surface area contributed by atoms with E-state index in [4.69, 9.17) is 15.0 Å². The first-order chi connectivity index (χ1) is 19.2. The number of nitrogens with two attached hydrogens (primary N) is 1. The number of nitrogens with one attached hydrogen (secondary N) is 1. The molecule has 6 atom stereocenters. The lowest BCUT2D eigenvalue weighted by atomic mass is 9.45. The van der Waals surface area contributed by atoms with Crippen molar-refractivity contribution in [2.45, 2.75) is 78.1 Å². The van der Waals surface area contributed by atoms with Crippen LogP contribution < -0.4 is 16.7 Å². The summed E-state index contributed by atoms with van der Waals surface area (Å²) in [7, 11) is 0. The third-order valence-electron chi connectivity index (χ3n) is 11.2. The highest BCUT2D eigenvalue weighted by molar-refractivity contribution is 5.92. The second-order valence-corrected chi connectivity index (χ2v) is 13.2. The average molecular weight is 548 g/mol. The standard InChI is InChI=1S/C32H41N3O5/c1-31-12-9-22(36)16-20(31)3-5-24-25-7-8-28(32(25,2)13-10-26(24)31)35-39-18-29(37)34-14-11-19-15-30(38)40-27-17-21(33)4-6-23(19)27/h4,6,15,17,20,24-26H,3,5,7-14,16,18,33H2,1-2H3,(H,34,37)/b35-28-/t20-,24-,25-,26-,31-,32-/m0/s1. The topological polar surface area (TPSA) is 124 Å². The van der Waals surface area contributed by atoms with Gasteiger partial charge < -0.3 is 20.3 Å². The second-order valence-electron chi connectivity index (χ2n) is 13.2. The number of anilines is 1. The first kappa shape index (κ1) is 27.0. The minimum Gasteiger partial charge on any atom is -0.423 e. The van der Waals surface area contributed by atoms with Crippen LogP contribution in [0.3, 0.4) is 0 Å². The molecule has 3 N–H and O–H groups in total. The van der Waals surface area contributed by atoms with Crippen LogP contribution in [0.25, 0.3) is 11.0 Å². The Balaban J connectivity index is 1.03. The van der Waals surface area contributed by atoms with Crippen molar-refractivity contribution in [1.29, 1.82) is 0 Å². The number of oxime groups is 1. The summed E-state index contributed by atoms with van der Waals surface area (Å²) in [6.07, 6.45) is 9.86. The van der Waals surface area contributed by atoms with Gasteiger partial charge in [0, 0.05) is 48.0 Å². The van der Waals surface area contributed by atoms with E-state index >= 15 is 0 Å². The van der Waals surface area contributed by atoms with Crippen molar-refractivity contribution in [2.24, 2.45) is 39.7 Å². The maximum atomic E-state index is 12.5. The fourth-order valence-electron chi connectivity index (χ4n) is 8.99. The number of carbonyl (C=O) groups is 2. The van der Waals surface area contributed by atoms with Crippen molar-refractivity contribution >= 4 is 34.1 Å². The smallest absolute Gasteiger partial charge is 0.336 e. The molecule has 0 unspecified atom stereocenters. The van der Waals surface area contributed by atoms with E-state index in [2.05, 4.69) is 24.3 Å². The molecule has 4 aliphatic rings. The zero-order valence-electron chi connectivity index (χ0n) is 23.7. The third-order valence-corrected chi connectivity index (χ3v) is 11.2. The van der Waals surface area contributed by atoms with Gasteiger partial charge in [-0.1, -0.05) is 19.0 Å². The molecule has 2 aromatic rings. The molecule has 0 spiro atoms. The Labute approximate surface area is 235 Å². The van der Waals surface area contributed by atoms with Crippen LogP contribution in [0.15, 0.2) is 38.6 Å². The molecule has 8 heteroatoms.